The van der Waals surface area contributed by atoms with Crippen molar-refractivity contribution in [1.82, 2.24) is 16.0 Å². The number of nitrogens with one attached hydrogen (secondary N) is 3. The van der Waals surface area contributed by atoms with Crippen LogP contribution in [0.25, 0.3) is 0 Å². The summed E-state index contributed by atoms with van der Waals surface area (Å²) in [5.74, 6) is 6.30. The van der Waals surface area contributed by atoms with Crippen LogP contribution in [-0.2, 0) is 28.5 Å². The highest BCUT2D eigenvalue weighted by Gasteiger charge is 2.30. The van der Waals surface area contributed by atoms with Gasteiger partial charge in [0.1, 0.15) is 19.0 Å². The summed E-state index contributed by atoms with van der Waals surface area (Å²) in [4.78, 5) is 24.0. The van der Waals surface area contributed by atoms with Crippen molar-refractivity contribution >= 4 is 33.4 Å². The van der Waals surface area contributed by atoms with E-state index in [2.05, 4.69) is 48.6 Å². The van der Waals surface area contributed by atoms with Crippen LogP contribution in [-0.4, -0.2) is 114 Å². The van der Waals surface area contributed by atoms with E-state index in [0.717, 1.165) is 13.0 Å². The van der Waals surface area contributed by atoms with Crippen molar-refractivity contribution in [2.24, 2.45) is 5.92 Å². The van der Waals surface area contributed by atoms with Gasteiger partial charge in [-0.1, -0.05) is 74.1 Å². The first kappa shape index (κ1) is 43.0. The molecular weight excluding hydrogens is 643 g/mol. The number of hydrogen-bond acceptors (Lipinski definition) is 11. The highest BCUT2D eigenvalue weighted by atomic mass is 33.1. The Balaban J connectivity index is 2.42. The highest BCUT2D eigenvalue weighted by molar-refractivity contribution is 8.77. The standard InChI is InChI=1S/C34H57N3O8S2/c1-28(2)11-9-15-36-31(38)26-43-23-24-45-34(6,47-46-33(3,4)5)27-44-30-13-8-12-29(25-30)32(39)37-16-18-41-20-22-42-21-19-40-17-10-14-35-7/h8,12-13,25,28,35H,10,14-24,26-27H2,1-7H3,(H,36,38)(H,37,39). The van der Waals surface area contributed by atoms with Crippen molar-refractivity contribution in [2.45, 2.75) is 57.6 Å². The van der Waals surface area contributed by atoms with Crippen LogP contribution in [0.2, 0.25) is 0 Å². The fraction of sp³-hybridized carbons (Fsp3) is 0.706. The van der Waals surface area contributed by atoms with Crippen LogP contribution in [0.5, 0.6) is 5.75 Å². The summed E-state index contributed by atoms with van der Waals surface area (Å²) in [5.41, 5.74) is 0.488. The Labute approximate surface area is 290 Å². The number of hydrogen-bond donors (Lipinski definition) is 3. The maximum absolute atomic E-state index is 12.7. The van der Waals surface area contributed by atoms with Crippen LogP contribution in [0, 0.1) is 17.8 Å². The van der Waals surface area contributed by atoms with Crippen LogP contribution >= 0.6 is 21.6 Å². The molecule has 0 aliphatic rings. The number of amides is 2. The minimum Gasteiger partial charge on any atom is -0.490 e. The summed E-state index contributed by atoms with van der Waals surface area (Å²) in [7, 11) is 5.19. The zero-order chi connectivity index (χ0) is 34.8. The Hall–Kier alpha value is -2.02. The van der Waals surface area contributed by atoms with Crippen LogP contribution < -0.4 is 20.7 Å². The fourth-order valence-electron chi connectivity index (χ4n) is 3.41. The van der Waals surface area contributed by atoms with Crippen molar-refractivity contribution in [3.63, 3.8) is 0 Å². The lowest BCUT2D eigenvalue weighted by molar-refractivity contribution is -0.126. The Morgan fingerprint density at radius 1 is 0.851 bits per heavy atom. The van der Waals surface area contributed by atoms with Gasteiger partial charge in [0.05, 0.1) is 52.8 Å². The van der Waals surface area contributed by atoms with Gasteiger partial charge in [-0.25, -0.2) is 0 Å². The lowest BCUT2D eigenvalue weighted by Gasteiger charge is -2.31. The maximum atomic E-state index is 12.7. The van der Waals surface area contributed by atoms with E-state index < -0.39 is 4.93 Å². The van der Waals surface area contributed by atoms with Crippen LogP contribution in [0.4, 0.5) is 0 Å². The van der Waals surface area contributed by atoms with Gasteiger partial charge in [0.2, 0.25) is 5.91 Å². The van der Waals surface area contributed by atoms with Gasteiger partial charge >= 0.3 is 0 Å². The molecule has 1 atom stereocenters. The monoisotopic (exact) mass is 699 g/mol. The van der Waals surface area contributed by atoms with Gasteiger partial charge in [-0.05, 0) is 45.1 Å². The van der Waals surface area contributed by atoms with Gasteiger partial charge in [-0.15, -0.1) is 0 Å². The second-order valence-electron chi connectivity index (χ2n) is 11.9. The molecule has 0 bridgehead atoms. The summed E-state index contributed by atoms with van der Waals surface area (Å²) in [6, 6.07) is 7.04. The van der Waals surface area contributed by atoms with E-state index in [0.29, 0.717) is 64.0 Å². The molecule has 47 heavy (non-hydrogen) atoms. The molecule has 2 amide bonds. The largest absolute Gasteiger partial charge is 0.490 e. The first-order chi connectivity index (χ1) is 22.4. The van der Waals surface area contributed by atoms with Gasteiger partial charge in [-0.2, -0.15) is 0 Å². The zero-order valence-electron chi connectivity index (χ0n) is 29.4. The molecular formula is C34H57N3O8S2. The third-order valence-electron chi connectivity index (χ3n) is 5.69. The van der Waals surface area contributed by atoms with Gasteiger partial charge in [0, 0.05) is 29.4 Å². The maximum Gasteiger partial charge on any atom is 0.251 e. The van der Waals surface area contributed by atoms with Crippen LogP contribution in [0.1, 0.15) is 58.3 Å². The minimum atomic E-state index is -0.714. The molecule has 0 aliphatic carbocycles. The molecule has 1 rings (SSSR count). The SMILES string of the molecule is CNCCCOCCOCCOCCNC(=O)c1cccc(OCC(C)(OCCOCC(=O)NCC#CC(C)C)SSC(C)(C)C)c1. The van der Waals surface area contributed by atoms with E-state index in [9.17, 15) is 9.59 Å². The van der Waals surface area contributed by atoms with Crippen molar-refractivity contribution in [2.75, 3.05) is 92.8 Å². The minimum absolute atomic E-state index is 0.00214. The average molecular weight is 700 g/mol. The smallest absolute Gasteiger partial charge is 0.251 e. The molecule has 0 radical (unpaired) electrons. The van der Waals surface area contributed by atoms with Gasteiger partial charge in [0.15, 0.2) is 4.93 Å². The van der Waals surface area contributed by atoms with E-state index >= 15 is 0 Å². The molecule has 0 saturated carbocycles. The Morgan fingerprint density at radius 3 is 2.21 bits per heavy atom. The molecule has 1 aromatic carbocycles. The summed E-state index contributed by atoms with van der Waals surface area (Å²) in [5, 5.41) is 8.66. The molecule has 268 valence electrons. The number of benzene rings is 1. The van der Waals surface area contributed by atoms with Gasteiger partial charge in [0.25, 0.3) is 5.91 Å². The van der Waals surface area contributed by atoms with E-state index in [1.165, 1.54) is 0 Å². The highest BCUT2D eigenvalue weighted by Crippen LogP contribution is 2.44. The fourth-order valence-corrected chi connectivity index (χ4v) is 5.64. The Bertz CT molecular complexity index is 1060. The molecule has 0 fully saturated rings. The number of carbonyl (C=O) groups is 2. The predicted octanol–water partition coefficient (Wildman–Crippen LogP) is 4.16. The van der Waals surface area contributed by atoms with E-state index in [1.807, 2.05) is 33.9 Å². The third kappa shape index (κ3) is 24.7. The molecule has 0 aromatic heterocycles. The van der Waals surface area contributed by atoms with E-state index in [-0.39, 0.29) is 48.9 Å². The molecule has 3 N–H and O–H groups in total. The summed E-state index contributed by atoms with van der Waals surface area (Å²) in [6.45, 7) is 17.8. The molecule has 11 nitrogen and oxygen atoms in total. The topological polar surface area (TPSA) is 126 Å². The van der Waals surface area contributed by atoms with E-state index in [4.69, 9.17) is 28.4 Å². The normalized spacial score (nSPS) is 12.7. The molecule has 1 unspecified atom stereocenters. The first-order valence-electron chi connectivity index (χ1n) is 16.2. The lowest BCUT2D eigenvalue weighted by atomic mass is 10.2. The van der Waals surface area contributed by atoms with Crippen molar-refractivity contribution in [1.29, 1.82) is 0 Å². The molecule has 1 aromatic rings. The molecule has 0 heterocycles. The van der Waals surface area contributed by atoms with Crippen LogP contribution in [0.3, 0.4) is 0 Å². The van der Waals surface area contributed by atoms with Gasteiger partial charge < -0.3 is 44.4 Å². The van der Waals surface area contributed by atoms with Crippen molar-refractivity contribution in [3.8, 4) is 17.6 Å². The Kier molecular flexibility index (Phi) is 23.7. The average Bonchev–Trinajstić information content (AvgIpc) is 3.03. The first-order valence-corrected chi connectivity index (χ1v) is 18.3. The van der Waals surface area contributed by atoms with Crippen LogP contribution in [0.15, 0.2) is 24.3 Å². The Morgan fingerprint density at radius 2 is 1.53 bits per heavy atom. The van der Waals surface area contributed by atoms with Gasteiger partial charge in [-0.3, -0.25) is 9.59 Å². The molecule has 13 heteroatoms. The number of ether oxygens (including phenoxy) is 6. The summed E-state index contributed by atoms with van der Waals surface area (Å²) < 4.78 is 34.3. The third-order valence-corrected chi connectivity index (χ3v) is 9.67. The van der Waals surface area contributed by atoms with Crippen molar-refractivity contribution in [3.05, 3.63) is 29.8 Å². The number of carbonyl (C=O) groups excluding carboxylic acids is 2. The lowest BCUT2D eigenvalue weighted by Crippen LogP contribution is -2.34. The second-order valence-corrected chi connectivity index (χ2v) is 15.4. The predicted molar refractivity (Wildman–Crippen MR) is 191 cm³/mol. The molecule has 0 saturated heterocycles. The quantitative estimate of drug-likeness (QED) is 0.0559. The summed E-state index contributed by atoms with van der Waals surface area (Å²) >= 11 is 0. The molecule has 0 spiro atoms. The zero-order valence-corrected chi connectivity index (χ0v) is 31.0. The summed E-state index contributed by atoms with van der Waals surface area (Å²) in [6.07, 6.45) is 0.976. The van der Waals surface area contributed by atoms with E-state index in [1.54, 1.807) is 39.8 Å². The van der Waals surface area contributed by atoms with Crippen molar-refractivity contribution < 1.29 is 38.0 Å². The second kappa shape index (κ2) is 25.9. The molecule has 0 aliphatic heterocycles. The number of rotatable bonds is 26.